The van der Waals surface area contributed by atoms with Crippen LogP contribution in [0.5, 0.6) is 0 Å². The van der Waals surface area contributed by atoms with Gasteiger partial charge in [0.05, 0.1) is 0 Å². The smallest absolute Gasteiger partial charge is 0.312 e. The van der Waals surface area contributed by atoms with E-state index in [1.165, 1.54) is 11.1 Å². The fourth-order valence-electron chi connectivity index (χ4n) is 1.32. The molecule has 0 aromatic heterocycles. The van der Waals surface area contributed by atoms with E-state index in [1.807, 2.05) is 6.07 Å². The Bertz CT molecular complexity index is 368. The van der Waals surface area contributed by atoms with Gasteiger partial charge in [0.2, 0.25) is 0 Å². The van der Waals surface area contributed by atoms with Crippen molar-refractivity contribution >= 4 is 22.0 Å². The van der Waals surface area contributed by atoms with Crippen molar-refractivity contribution in [2.75, 3.05) is 13.1 Å². The monoisotopic (exact) mass is 285 g/mol. The van der Waals surface area contributed by atoms with Gasteiger partial charge in [0.1, 0.15) is 0 Å². The lowest BCUT2D eigenvalue weighted by atomic mass is 10.1. The first-order valence-electron chi connectivity index (χ1n) is 5.08. The number of nitrogens with one attached hydrogen (secondary N) is 2. The number of primary amides is 1. The summed E-state index contributed by atoms with van der Waals surface area (Å²) in [4.78, 5) is 10.4. The number of aryl methyl sites for hydroxylation is 1. The summed E-state index contributed by atoms with van der Waals surface area (Å²) in [6, 6.07) is 5.74. The maximum absolute atomic E-state index is 10.4. The molecule has 0 saturated carbocycles. The molecule has 16 heavy (non-hydrogen) atoms. The van der Waals surface area contributed by atoms with Crippen LogP contribution in [0, 0.1) is 6.92 Å². The van der Waals surface area contributed by atoms with Crippen molar-refractivity contribution < 1.29 is 4.79 Å². The number of hydrogen-bond donors (Lipinski definition) is 3. The molecule has 0 aliphatic carbocycles. The summed E-state index contributed by atoms with van der Waals surface area (Å²) in [7, 11) is 0. The average Bonchev–Trinajstić information content (AvgIpc) is 2.22. The van der Waals surface area contributed by atoms with Crippen molar-refractivity contribution in [3.8, 4) is 0 Å². The summed E-state index contributed by atoms with van der Waals surface area (Å²) >= 11 is 3.46. The van der Waals surface area contributed by atoms with Gasteiger partial charge in [-0.2, -0.15) is 0 Å². The second-order valence-corrected chi connectivity index (χ2v) is 4.41. The summed E-state index contributed by atoms with van der Waals surface area (Å²) < 4.78 is 1.12. The molecule has 4 nitrogen and oxygen atoms in total. The number of carbonyl (C=O) groups excluding carboxylic acids is 1. The molecule has 1 aromatic carbocycles. The van der Waals surface area contributed by atoms with Crippen LogP contribution in [-0.2, 0) is 6.54 Å². The first-order chi connectivity index (χ1) is 7.59. The second kappa shape index (κ2) is 6.50. The summed E-state index contributed by atoms with van der Waals surface area (Å²) in [6.07, 6.45) is 0. The summed E-state index contributed by atoms with van der Waals surface area (Å²) in [6.45, 7) is 4.10. The molecule has 0 heterocycles. The minimum atomic E-state index is -0.485. The van der Waals surface area contributed by atoms with Crippen LogP contribution in [0.2, 0.25) is 0 Å². The highest BCUT2D eigenvalue weighted by Crippen LogP contribution is 2.16. The number of benzene rings is 1. The van der Waals surface area contributed by atoms with Gasteiger partial charge in [-0.1, -0.05) is 28.1 Å². The molecule has 4 N–H and O–H groups in total. The van der Waals surface area contributed by atoms with E-state index >= 15 is 0 Å². The summed E-state index contributed by atoms with van der Waals surface area (Å²) in [5, 5.41) is 5.74. The van der Waals surface area contributed by atoms with Crippen molar-refractivity contribution in [3.63, 3.8) is 0 Å². The van der Waals surface area contributed by atoms with Crippen LogP contribution in [0.4, 0.5) is 4.79 Å². The maximum atomic E-state index is 10.4. The zero-order valence-corrected chi connectivity index (χ0v) is 10.8. The van der Waals surface area contributed by atoms with Crippen molar-refractivity contribution in [2.24, 2.45) is 5.73 Å². The van der Waals surface area contributed by atoms with Crippen LogP contribution in [0.3, 0.4) is 0 Å². The number of rotatable bonds is 5. The highest BCUT2D eigenvalue weighted by molar-refractivity contribution is 9.10. The van der Waals surface area contributed by atoms with Crippen LogP contribution in [-0.4, -0.2) is 19.1 Å². The molecule has 0 aliphatic heterocycles. The zero-order valence-electron chi connectivity index (χ0n) is 9.22. The molecule has 0 fully saturated rings. The Labute approximate surface area is 104 Å². The highest BCUT2D eigenvalue weighted by Gasteiger charge is 1.97. The van der Waals surface area contributed by atoms with Crippen LogP contribution < -0.4 is 16.4 Å². The lowest BCUT2D eigenvalue weighted by molar-refractivity contribution is 0.249. The van der Waals surface area contributed by atoms with Crippen molar-refractivity contribution in [2.45, 2.75) is 13.5 Å². The third-order valence-electron chi connectivity index (χ3n) is 2.15. The SMILES string of the molecule is Cc1cc(CNCCNC(N)=O)ccc1Br. The molecule has 5 heteroatoms. The number of urea groups is 1. The Morgan fingerprint density at radius 2 is 2.19 bits per heavy atom. The first kappa shape index (κ1) is 13.0. The Balaban J connectivity index is 2.27. The molecule has 0 atom stereocenters. The molecule has 1 rings (SSSR count). The van der Waals surface area contributed by atoms with Gasteiger partial charge in [0.25, 0.3) is 0 Å². The third-order valence-corrected chi connectivity index (χ3v) is 3.04. The number of amides is 2. The topological polar surface area (TPSA) is 67.2 Å². The van der Waals surface area contributed by atoms with Gasteiger partial charge >= 0.3 is 6.03 Å². The lowest BCUT2D eigenvalue weighted by Crippen LogP contribution is -2.35. The molecule has 0 bridgehead atoms. The molecular weight excluding hydrogens is 270 g/mol. The quantitative estimate of drug-likeness (QED) is 0.718. The molecule has 1 aromatic rings. The van der Waals surface area contributed by atoms with E-state index in [-0.39, 0.29) is 0 Å². The highest BCUT2D eigenvalue weighted by atomic mass is 79.9. The van der Waals surface area contributed by atoms with Gasteiger partial charge in [-0.05, 0) is 24.1 Å². The van der Waals surface area contributed by atoms with E-state index < -0.39 is 6.03 Å². The number of nitrogens with two attached hydrogens (primary N) is 1. The van der Waals surface area contributed by atoms with E-state index in [0.29, 0.717) is 13.1 Å². The minimum Gasteiger partial charge on any atom is -0.352 e. The average molecular weight is 286 g/mol. The summed E-state index contributed by atoms with van der Waals surface area (Å²) in [5.41, 5.74) is 7.38. The van der Waals surface area contributed by atoms with Gasteiger partial charge < -0.3 is 16.4 Å². The predicted molar refractivity (Wildman–Crippen MR) is 68.2 cm³/mol. The van der Waals surface area contributed by atoms with E-state index in [9.17, 15) is 4.79 Å². The Kier molecular flexibility index (Phi) is 5.28. The largest absolute Gasteiger partial charge is 0.352 e. The molecule has 0 aliphatic rings. The molecule has 88 valence electrons. The van der Waals surface area contributed by atoms with Crippen LogP contribution in [0.15, 0.2) is 22.7 Å². The van der Waals surface area contributed by atoms with E-state index in [0.717, 1.165) is 11.0 Å². The Hall–Kier alpha value is -1.07. The molecule has 0 unspecified atom stereocenters. The third kappa shape index (κ3) is 4.63. The molecule has 0 saturated heterocycles. The zero-order chi connectivity index (χ0) is 12.0. The lowest BCUT2D eigenvalue weighted by Gasteiger charge is -2.07. The molecule has 0 spiro atoms. The van der Waals surface area contributed by atoms with Crippen LogP contribution in [0.1, 0.15) is 11.1 Å². The molecule has 0 radical (unpaired) electrons. The minimum absolute atomic E-state index is 0.485. The number of hydrogen-bond acceptors (Lipinski definition) is 2. The number of carbonyl (C=O) groups is 1. The van der Waals surface area contributed by atoms with Gasteiger partial charge in [-0.15, -0.1) is 0 Å². The molecular formula is C11H16BrN3O. The predicted octanol–water partition coefficient (Wildman–Crippen LogP) is 1.52. The van der Waals surface area contributed by atoms with E-state index in [2.05, 4.69) is 45.6 Å². The maximum Gasteiger partial charge on any atom is 0.312 e. The van der Waals surface area contributed by atoms with Crippen molar-refractivity contribution in [1.82, 2.24) is 10.6 Å². The fraction of sp³-hybridized carbons (Fsp3) is 0.364. The van der Waals surface area contributed by atoms with Gasteiger partial charge in [-0.25, -0.2) is 4.79 Å². The van der Waals surface area contributed by atoms with Gasteiger partial charge in [-0.3, -0.25) is 0 Å². The Morgan fingerprint density at radius 3 is 2.81 bits per heavy atom. The van der Waals surface area contributed by atoms with Gasteiger partial charge in [0, 0.05) is 24.1 Å². The fourth-order valence-corrected chi connectivity index (χ4v) is 1.57. The standard InChI is InChI=1S/C11H16BrN3O/c1-8-6-9(2-3-10(8)12)7-14-4-5-15-11(13)16/h2-3,6,14H,4-5,7H2,1H3,(H3,13,15,16). The van der Waals surface area contributed by atoms with Crippen LogP contribution in [0.25, 0.3) is 0 Å². The first-order valence-corrected chi connectivity index (χ1v) is 5.88. The van der Waals surface area contributed by atoms with E-state index in [1.54, 1.807) is 0 Å². The second-order valence-electron chi connectivity index (χ2n) is 3.55. The molecule has 2 amide bonds. The Morgan fingerprint density at radius 1 is 1.44 bits per heavy atom. The van der Waals surface area contributed by atoms with E-state index in [4.69, 9.17) is 5.73 Å². The normalized spacial score (nSPS) is 10.1. The van der Waals surface area contributed by atoms with Crippen molar-refractivity contribution in [3.05, 3.63) is 33.8 Å². The van der Waals surface area contributed by atoms with Crippen LogP contribution >= 0.6 is 15.9 Å². The van der Waals surface area contributed by atoms with Crippen molar-refractivity contribution in [1.29, 1.82) is 0 Å². The summed E-state index contributed by atoms with van der Waals surface area (Å²) in [5.74, 6) is 0. The number of halogens is 1. The van der Waals surface area contributed by atoms with Gasteiger partial charge in [0.15, 0.2) is 0 Å².